The largest absolute Gasteiger partial charge is 0.351 e. The number of pyridine rings is 1. The second kappa shape index (κ2) is 12.7. The molecule has 3 aromatic rings. The van der Waals surface area contributed by atoms with Gasteiger partial charge >= 0.3 is 0 Å². The first-order chi connectivity index (χ1) is 18.3. The van der Waals surface area contributed by atoms with Gasteiger partial charge in [0.25, 0.3) is 10.0 Å². The standard InChI is InChI=1S/C28H35ClN6O2S/c1-4-35(5-2)24-15-13-23(14-16-24)33-28-30-18-21(19-31-28)10-11-22-12-17-27(32-20(22)3)34-38(36,37)26-9-7-6-8-25(26)29/h6-12,17-19,23-24H,4-5,13-16H2,1-3H3,(H,32,34)(H,30,31,33)/b11-10+. The second-order valence-electron chi connectivity index (χ2n) is 9.45. The van der Waals surface area contributed by atoms with E-state index in [1.807, 2.05) is 25.1 Å². The van der Waals surface area contributed by atoms with Crippen molar-refractivity contribution in [1.29, 1.82) is 0 Å². The normalized spacial score (nSPS) is 18.1. The van der Waals surface area contributed by atoms with Gasteiger partial charge in [0.1, 0.15) is 10.7 Å². The third kappa shape index (κ3) is 7.09. The van der Waals surface area contributed by atoms with Crippen molar-refractivity contribution in [3.63, 3.8) is 0 Å². The second-order valence-corrected chi connectivity index (χ2v) is 11.5. The van der Waals surface area contributed by atoms with Gasteiger partial charge in [0.15, 0.2) is 0 Å². The van der Waals surface area contributed by atoms with E-state index >= 15 is 0 Å². The number of hydrogen-bond acceptors (Lipinski definition) is 7. The lowest BCUT2D eigenvalue weighted by atomic mass is 9.90. The predicted octanol–water partition coefficient (Wildman–Crippen LogP) is 5.87. The van der Waals surface area contributed by atoms with E-state index in [4.69, 9.17) is 11.6 Å². The van der Waals surface area contributed by atoms with Crippen LogP contribution in [0.4, 0.5) is 11.8 Å². The van der Waals surface area contributed by atoms with Crippen molar-refractivity contribution < 1.29 is 8.42 Å². The molecule has 2 aromatic heterocycles. The highest BCUT2D eigenvalue weighted by atomic mass is 35.5. The molecule has 0 spiro atoms. The molecule has 0 atom stereocenters. The molecular formula is C28H35ClN6O2S. The van der Waals surface area contributed by atoms with Gasteiger partial charge in [-0.15, -0.1) is 0 Å². The van der Waals surface area contributed by atoms with Gasteiger partial charge in [0, 0.05) is 35.7 Å². The Kier molecular flexibility index (Phi) is 9.35. The van der Waals surface area contributed by atoms with Gasteiger partial charge < -0.3 is 10.2 Å². The summed E-state index contributed by atoms with van der Waals surface area (Å²) >= 11 is 6.05. The number of anilines is 2. The van der Waals surface area contributed by atoms with Gasteiger partial charge in [-0.25, -0.2) is 23.4 Å². The molecular weight excluding hydrogens is 520 g/mol. The lowest BCUT2D eigenvalue weighted by molar-refractivity contribution is 0.167. The number of nitrogens with one attached hydrogen (secondary N) is 2. The molecule has 0 saturated heterocycles. The third-order valence-corrected chi connectivity index (χ3v) is 8.83. The van der Waals surface area contributed by atoms with Crippen molar-refractivity contribution >= 4 is 45.5 Å². The molecule has 4 rings (SSSR count). The highest BCUT2D eigenvalue weighted by molar-refractivity contribution is 7.92. The predicted molar refractivity (Wildman–Crippen MR) is 155 cm³/mol. The van der Waals surface area contributed by atoms with Crippen LogP contribution in [0.1, 0.15) is 56.4 Å². The number of halogens is 1. The smallest absolute Gasteiger partial charge is 0.264 e. The molecule has 38 heavy (non-hydrogen) atoms. The fourth-order valence-electron chi connectivity index (χ4n) is 4.85. The van der Waals surface area contributed by atoms with Gasteiger partial charge in [-0.3, -0.25) is 4.72 Å². The van der Waals surface area contributed by atoms with E-state index in [0.29, 0.717) is 23.7 Å². The first kappa shape index (κ1) is 28.0. The van der Waals surface area contributed by atoms with Crippen LogP contribution in [0.15, 0.2) is 53.7 Å². The lowest BCUT2D eigenvalue weighted by Crippen LogP contribution is -2.40. The molecule has 2 N–H and O–H groups in total. The number of hydrogen-bond donors (Lipinski definition) is 2. The zero-order valence-corrected chi connectivity index (χ0v) is 23.6. The van der Waals surface area contributed by atoms with Gasteiger partial charge in [-0.1, -0.05) is 49.7 Å². The first-order valence-electron chi connectivity index (χ1n) is 13.0. The summed E-state index contributed by atoms with van der Waals surface area (Å²) in [6.07, 6.45) is 12.1. The minimum absolute atomic E-state index is 0.00958. The molecule has 0 bridgehead atoms. The lowest BCUT2D eigenvalue weighted by Gasteiger charge is -2.36. The summed E-state index contributed by atoms with van der Waals surface area (Å²) in [5, 5.41) is 3.64. The summed E-state index contributed by atoms with van der Waals surface area (Å²) in [6.45, 7) is 8.51. The molecule has 202 valence electrons. The molecule has 2 heterocycles. The van der Waals surface area contributed by atoms with Crippen molar-refractivity contribution in [2.45, 2.75) is 63.4 Å². The molecule has 10 heteroatoms. The van der Waals surface area contributed by atoms with Crippen LogP contribution in [0.3, 0.4) is 0 Å². The molecule has 1 fully saturated rings. The van der Waals surface area contributed by atoms with Crippen LogP contribution in [0, 0.1) is 6.92 Å². The van der Waals surface area contributed by atoms with Crippen molar-refractivity contribution in [2.24, 2.45) is 0 Å². The molecule has 0 unspecified atom stereocenters. The van der Waals surface area contributed by atoms with Crippen LogP contribution in [0.25, 0.3) is 12.2 Å². The van der Waals surface area contributed by atoms with Crippen LogP contribution >= 0.6 is 11.6 Å². The Morgan fingerprint density at radius 1 is 1.00 bits per heavy atom. The van der Waals surface area contributed by atoms with E-state index in [1.165, 1.54) is 25.0 Å². The third-order valence-electron chi connectivity index (χ3n) is 6.98. The van der Waals surface area contributed by atoms with E-state index in [-0.39, 0.29) is 15.7 Å². The molecule has 1 aromatic carbocycles. The summed E-state index contributed by atoms with van der Waals surface area (Å²) in [6, 6.07) is 10.8. The van der Waals surface area contributed by atoms with E-state index in [0.717, 1.165) is 37.1 Å². The molecule has 8 nitrogen and oxygen atoms in total. The fourth-order valence-corrected chi connectivity index (χ4v) is 6.37. The van der Waals surface area contributed by atoms with E-state index in [1.54, 1.807) is 30.6 Å². The molecule has 0 aliphatic heterocycles. The van der Waals surface area contributed by atoms with Gasteiger partial charge in [0.05, 0.1) is 5.02 Å². The zero-order chi connectivity index (χ0) is 27.1. The number of sulfonamides is 1. The van der Waals surface area contributed by atoms with Crippen molar-refractivity contribution in [3.8, 4) is 0 Å². The molecule has 0 amide bonds. The highest BCUT2D eigenvalue weighted by Crippen LogP contribution is 2.25. The summed E-state index contributed by atoms with van der Waals surface area (Å²) < 4.78 is 27.9. The first-order valence-corrected chi connectivity index (χ1v) is 14.9. The van der Waals surface area contributed by atoms with E-state index in [9.17, 15) is 8.42 Å². The van der Waals surface area contributed by atoms with Crippen LogP contribution in [0.5, 0.6) is 0 Å². The maximum atomic E-state index is 12.7. The van der Waals surface area contributed by atoms with Gasteiger partial charge in [-0.05, 0) is 75.5 Å². The van der Waals surface area contributed by atoms with Crippen LogP contribution < -0.4 is 10.0 Å². The monoisotopic (exact) mass is 554 g/mol. The summed E-state index contributed by atoms with van der Waals surface area (Å²) in [7, 11) is -3.84. The van der Waals surface area contributed by atoms with E-state index < -0.39 is 10.0 Å². The van der Waals surface area contributed by atoms with Crippen LogP contribution in [-0.4, -0.2) is 53.4 Å². The Hall–Kier alpha value is -3.01. The van der Waals surface area contributed by atoms with Gasteiger partial charge in [0.2, 0.25) is 5.95 Å². The van der Waals surface area contributed by atoms with Crippen molar-refractivity contribution in [3.05, 3.63) is 70.6 Å². The number of benzene rings is 1. The Morgan fingerprint density at radius 3 is 2.32 bits per heavy atom. The van der Waals surface area contributed by atoms with Gasteiger partial charge in [-0.2, -0.15) is 0 Å². The van der Waals surface area contributed by atoms with Crippen molar-refractivity contribution in [2.75, 3.05) is 23.1 Å². The number of aryl methyl sites for hydroxylation is 1. The molecule has 1 aliphatic carbocycles. The number of rotatable bonds is 10. The Bertz CT molecular complexity index is 1350. The summed E-state index contributed by atoms with van der Waals surface area (Å²) in [4.78, 5) is 16.0. The topological polar surface area (TPSA) is 100 Å². The Balaban J connectivity index is 1.33. The minimum atomic E-state index is -3.84. The molecule has 0 radical (unpaired) electrons. The highest BCUT2D eigenvalue weighted by Gasteiger charge is 2.24. The molecule has 1 aliphatic rings. The average Bonchev–Trinajstić information content (AvgIpc) is 2.91. The zero-order valence-electron chi connectivity index (χ0n) is 22.1. The average molecular weight is 555 g/mol. The SMILES string of the molecule is CCN(CC)C1CCC(Nc2ncc(/C=C/c3ccc(NS(=O)(=O)c4ccccc4Cl)nc3C)cn2)CC1. The minimum Gasteiger partial charge on any atom is -0.351 e. The number of aromatic nitrogens is 3. The maximum absolute atomic E-state index is 12.7. The Morgan fingerprint density at radius 2 is 1.68 bits per heavy atom. The van der Waals surface area contributed by atoms with Crippen LogP contribution in [-0.2, 0) is 10.0 Å². The Labute approximate surface area is 230 Å². The maximum Gasteiger partial charge on any atom is 0.264 e. The van der Waals surface area contributed by atoms with Crippen molar-refractivity contribution in [1.82, 2.24) is 19.9 Å². The van der Waals surface area contributed by atoms with Crippen LogP contribution in [0.2, 0.25) is 5.02 Å². The fraction of sp³-hybridized carbons (Fsp3) is 0.393. The summed E-state index contributed by atoms with van der Waals surface area (Å²) in [5.74, 6) is 0.880. The number of nitrogens with zero attached hydrogens (tertiary/aromatic N) is 4. The van der Waals surface area contributed by atoms with E-state index in [2.05, 4.69) is 43.7 Å². The quantitative estimate of drug-likeness (QED) is 0.323. The molecule has 1 saturated carbocycles. The summed E-state index contributed by atoms with van der Waals surface area (Å²) in [5.41, 5.74) is 2.40.